The van der Waals surface area contributed by atoms with Gasteiger partial charge in [-0.1, -0.05) is 12.1 Å². The molecule has 1 saturated heterocycles. The van der Waals surface area contributed by atoms with Crippen molar-refractivity contribution in [3.63, 3.8) is 0 Å². The van der Waals surface area contributed by atoms with Crippen LogP contribution in [0.2, 0.25) is 0 Å². The SMILES string of the molecule is CCN(Cc1noc(-c2ccco2)n1)C1CNC1. The summed E-state index contributed by atoms with van der Waals surface area (Å²) in [6.45, 7) is 5.92. The van der Waals surface area contributed by atoms with Gasteiger partial charge >= 0.3 is 0 Å². The number of likely N-dealkylation sites (N-methyl/N-ethyl adjacent to an activating group) is 1. The van der Waals surface area contributed by atoms with Gasteiger partial charge in [0.25, 0.3) is 5.89 Å². The zero-order valence-corrected chi connectivity index (χ0v) is 10.3. The third kappa shape index (κ3) is 2.16. The minimum atomic E-state index is 0.442. The Hall–Kier alpha value is -1.66. The van der Waals surface area contributed by atoms with Gasteiger partial charge in [0.05, 0.1) is 12.8 Å². The predicted molar refractivity (Wildman–Crippen MR) is 64.7 cm³/mol. The molecular weight excluding hydrogens is 232 g/mol. The van der Waals surface area contributed by atoms with Crippen LogP contribution in [0.3, 0.4) is 0 Å². The lowest BCUT2D eigenvalue weighted by Gasteiger charge is -2.36. The van der Waals surface area contributed by atoms with Gasteiger partial charge in [0.2, 0.25) is 0 Å². The number of hydrogen-bond donors (Lipinski definition) is 1. The van der Waals surface area contributed by atoms with Crippen LogP contribution < -0.4 is 5.32 Å². The van der Waals surface area contributed by atoms with Crippen LogP contribution in [-0.2, 0) is 6.54 Å². The summed E-state index contributed by atoms with van der Waals surface area (Å²) in [5.74, 6) is 1.76. The van der Waals surface area contributed by atoms with Crippen LogP contribution in [0.4, 0.5) is 0 Å². The van der Waals surface area contributed by atoms with Gasteiger partial charge in [0.1, 0.15) is 0 Å². The molecule has 3 heterocycles. The van der Waals surface area contributed by atoms with Gasteiger partial charge in [-0.25, -0.2) is 0 Å². The smallest absolute Gasteiger partial charge is 0.293 e. The van der Waals surface area contributed by atoms with Crippen molar-refractivity contribution in [2.45, 2.75) is 19.5 Å². The Morgan fingerprint density at radius 1 is 1.50 bits per heavy atom. The molecule has 0 atom stereocenters. The Balaban J connectivity index is 1.69. The average Bonchev–Trinajstić information content (AvgIpc) is 2.95. The van der Waals surface area contributed by atoms with E-state index in [-0.39, 0.29) is 0 Å². The monoisotopic (exact) mass is 248 g/mol. The minimum absolute atomic E-state index is 0.442. The first kappa shape index (κ1) is 11.4. The van der Waals surface area contributed by atoms with E-state index in [9.17, 15) is 0 Å². The maximum atomic E-state index is 5.22. The van der Waals surface area contributed by atoms with Crippen molar-refractivity contribution in [2.24, 2.45) is 0 Å². The minimum Gasteiger partial charge on any atom is -0.459 e. The summed E-state index contributed by atoms with van der Waals surface area (Å²) < 4.78 is 10.4. The number of nitrogens with zero attached hydrogens (tertiary/aromatic N) is 3. The van der Waals surface area contributed by atoms with Crippen LogP contribution in [-0.4, -0.2) is 40.7 Å². The van der Waals surface area contributed by atoms with E-state index in [1.165, 1.54) is 0 Å². The Morgan fingerprint density at radius 2 is 2.39 bits per heavy atom. The standard InChI is InChI=1S/C12H16N4O2/c1-2-16(9-6-13-7-9)8-11-14-12(18-15-11)10-4-3-5-17-10/h3-5,9,13H,2,6-8H2,1H3. The Labute approximate surface area is 105 Å². The van der Waals surface area contributed by atoms with E-state index >= 15 is 0 Å². The van der Waals surface area contributed by atoms with Gasteiger partial charge in [-0.3, -0.25) is 4.90 Å². The molecule has 0 radical (unpaired) electrons. The van der Waals surface area contributed by atoms with E-state index in [2.05, 4.69) is 27.3 Å². The van der Waals surface area contributed by atoms with E-state index in [4.69, 9.17) is 8.94 Å². The molecule has 0 bridgehead atoms. The topological polar surface area (TPSA) is 67.3 Å². The maximum absolute atomic E-state index is 5.22. The molecule has 1 aliphatic heterocycles. The predicted octanol–water partition coefficient (Wildman–Crippen LogP) is 1.12. The molecule has 2 aromatic rings. The van der Waals surface area contributed by atoms with E-state index in [1.54, 1.807) is 12.3 Å². The third-order valence-electron chi connectivity index (χ3n) is 3.23. The van der Waals surface area contributed by atoms with Crippen molar-refractivity contribution in [3.05, 3.63) is 24.2 Å². The second kappa shape index (κ2) is 4.91. The van der Waals surface area contributed by atoms with E-state index < -0.39 is 0 Å². The molecule has 1 fully saturated rings. The first-order chi connectivity index (χ1) is 8.86. The van der Waals surface area contributed by atoms with Gasteiger partial charge in [0, 0.05) is 19.1 Å². The van der Waals surface area contributed by atoms with E-state index in [0.29, 0.717) is 30.1 Å². The summed E-state index contributed by atoms with van der Waals surface area (Å²) in [7, 11) is 0. The van der Waals surface area contributed by atoms with Gasteiger partial charge < -0.3 is 14.3 Å². The lowest BCUT2D eigenvalue weighted by Crippen LogP contribution is -2.56. The van der Waals surface area contributed by atoms with Crippen LogP contribution >= 0.6 is 0 Å². The fourth-order valence-electron chi connectivity index (χ4n) is 2.03. The molecule has 0 aromatic carbocycles. The summed E-state index contributed by atoms with van der Waals surface area (Å²) in [6.07, 6.45) is 1.59. The lowest BCUT2D eigenvalue weighted by molar-refractivity contribution is 0.140. The number of furan rings is 1. The van der Waals surface area contributed by atoms with Crippen molar-refractivity contribution in [1.82, 2.24) is 20.4 Å². The van der Waals surface area contributed by atoms with Crippen molar-refractivity contribution in [1.29, 1.82) is 0 Å². The number of nitrogens with one attached hydrogen (secondary N) is 1. The fourth-order valence-corrected chi connectivity index (χ4v) is 2.03. The Kier molecular flexibility index (Phi) is 3.12. The van der Waals surface area contributed by atoms with Crippen molar-refractivity contribution >= 4 is 0 Å². The van der Waals surface area contributed by atoms with Crippen LogP contribution in [0.5, 0.6) is 0 Å². The fraction of sp³-hybridized carbons (Fsp3) is 0.500. The highest BCUT2D eigenvalue weighted by Gasteiger charge is 2.24. The average molecular weight is 248 g/mol. The quantitative estimate of drug-likeness (QED) is 0.855. The first-order valence-electron chi connectivity index (χ1n) is 6.18. The second-order valence-corrected chi connectivity index (χ2v) is 4.37. The molecule has 0 unspecified atom stereocenters. The molecule has 0 amide bonds. The molecular formula is C12H16N4O2. The summed E-state index contributed by atoms with van der Waals surface area (Å²) in [5, 5.41) is 7.26. The summed E-state index contributed by atoms with van der Waals surface area (Å²) in [5.41, 5.74) is 0. The summed E-state index contributed by atoms with van der Waals surface area (Å²) >= 11 is 0. The molecule has 0 spiro atoms. The molecule has 3 rings (SSSR count). The van der Waals surface area contributed by atoms with Gasteiger partial charge in [-0.05, 0) is 18.7 Å². The molecule has 6 nitrogen and oxygen atoms in total. The Bertz CT molecular complexity index is 490. The molecule has 1 aliphatic rings. The summed E-state index contributed by atoms with van der Waals surface area (Å²) in [4.78, 5) is 6.69. The van der Waals surface area contributed by atoms with Crippen LogP contribution in [0.15, 0.2) is 27.3 Å². The zero-order valence-electron chi connectivity index (χ0n) is 10.3. The zero-order chi connectivity index (χ0) is 12.4. The number of aromatic nitrogens is 2. The second-order valence-electron chi connectivity index (χ2n) is 4.37. The van der Waals surface area contributed by atoms with Crippen LogP contribution in [0, 0.1) is 0 Å². The lowest BCUT2D eigenvalue weighted by atomic mass is 10.1. The van der Waals surface area contributed by atoms with Gasteiger partial charge in [-0.15, -0.1) is 0 Å². The van der Waals surface area contributed by atoms with Crippen molar-refractivity contribution < 1.29 is 8.94 Å². The summed E-state index contributed by atoms with van der Waals surface area (Å²) in [6, 6.07) is 4.20. The molecule has 6 heteroatoms. The molecule has 18 heavy (non-hydrogen) atoms. The largest absolute Gasteiger partial charge is 0.459 e. The molecule has 2 aromatic heterocycles. The van der Waals surface area contributed by atoms with Crippen molar-refractivity contribution in [3.8, 4) is 11.7 Å². The molecule has 0 saturated carbocycles. The van der Waals surface area contributed by atoms with Crippen LogP contribution in [0.25, 0.3) is 11.7 Å². The van der Waals surface area contributed by atoms with Gasteiger partial charge in [0.15, 0.2) is 11.6 Å². The highest BCUT2D eigenvalue weighted by molar-refractivity contribution is 5.42. The number of rotatable bonds is 5. The highest BCUT2D eigenvalue weighted by atomic mass is 16.5. The first-order valence-corrected chi connectivity index (χ1v) is 6.18. The Morgan fingerprint density at radius 3 is 3.00 bits per heavy atom. The highest BCUT2D eigenvalue weighted by Crippen LogP contribution is 2.18. The number of hydrogen-bond acceptors (Lipinski definition) is 6. The third-order valence-corrected chi connectivity index (χ3v) is 3.23. The van der Waals surface area contributed by atoms with E-state index in [0.717, 1.165) is 19.6 Å². The maximum Gasteiger partial charge on any atom is 0.293 e. The molecule has 0 aliphatic carbocycles. The normalized spacial score (nSPS) is 16.1. The van der Waals surface area contributed by atoms with Gasteiger partial charge in [-0.2, -0.15) is 4.98 Å². The molecule has 96 valence electrons. The molecule has 1 N–H and O–H groups in total. The van der Waals surface area contributed by atoms with E-state index in [1.807, 2.05) is 6.07 Å². The van der Waals surface area contributed by atoms with Crippen LogP contribution in [0.1, 0.15) is 12.7 Å². The van der Waals surface area contributed by atoms with Crippen molar-refractivity contribution in [2.75, 3.05) is 19.6 Å².